The summed E-state index contributed by atoms with van der Waals surface area (Å²) in [7, 11) is 0. The molecule has 11 heavy (non-hydrogen) atoms. The van der Waals surface area contributed by atoms with E-state index in [2.05, 4.69) is 17.0 Å². The molecule has 0 aromatic carbocycles. The van der Waals surface area contributed by atoms with Gasteiger partial charge in [0.1, 0.15) is 11.0 Å². The maximum atomic E-state index is 4.29. The van der Waals surface area contributed by atoms with E-state index in [-0.39, 0.29) is 0 Å². The van der Waals surface area contributed by atoms with Crippen molar-refractivity contribution >= 4 is 11.0 Å². The van der Waals surface area contributed by atoms with Crippen molar-refractivity contribution in [2.75, 3.05) is 0 Å². The monoisotopic (exact) mass is 147 g/mol. The second-order valence-corrected chi connectivity index (χ2v) is 2.39. The summed E-state index contributed by atoms with van der Waals surface area (Å²) in [6.07, 6.45) is 3.74. The molecule has 0 radical (unpaired) electrons. The van der Waals surface area contributed by atoms with E-state index in [0.29, 0.717) is 0 Å². The molecule has 3 heteroatoms. The van der Waals surface area contributed by atoms with Crippen LogP contribution in [-0.2, 0) is 6.54 Å². The van der Waals surface area contributed by atoms with Gasteiger partial charge in [0.05, 0.1) is 6.20 Å². The van der Waals surface area contributed by atoms with Crippen molar-refractivity contribution in [3.8, 4) is 0 Å². The van der Waals surface area contributed by atoms with Gasteiger partial charge in [-0.3, -0.25) is 9.67 Å². The van der Waals surface area contributed by atoms with Crippen LogP contribution in [0.2, 0.25) is 0 Å². The van der Waals surface area contributed by atoms with E-state index < -0.39 is 0 Å². The summed E-state index contributed by atoms with van der Waals surface area (Å²) in [5.74, 6) is 0. The molecule has 0 spiro atoms. The van der Waals surface area contributed by atoms with E-state index in [1.165, 1.54) is 0 Å². The Bertz CT molecular complexity index is 331. The molecule has 0 atom stereocenters. The summed E-state index contributed by atoms with van der Waals surface area (Å²) >= 11 is 0. The molecule has 0 N–H and O–H groups in total. The van der Waals surface area contributed by atoms with E-state index in [0.717, 1.165) is 17.6 Å². The van der Waals surface area contributed by atoms with Gasteiger partial charge in [0.15, 0.2) is 0 Å². The van der Waals surface area contributed by atoms with Gasteiger partial charge in [-0.1, -0.05) is 0 Å². The zero-order valence-corrected chi connectivity index (χ0v) is 6.36. The van der Waals surface area contributed by atoms with Crippen LogP contribution in [-0.4, -0.2) is 14.8 Å². The SMILES string of the molecule is CCn1cc2ncccc2n1. The third kappa shape index (κ3) is 0.981. The zero-order chi connectivity index (χ0) is 7.68. The number of hydrogen-bond acceptors (Lipinski definition) is 2. The first-order chi connectivity index (χ1) is 5.40. The lowest BCUT2D eigenvalue weighted by Crippen LogP contribution is -1.92. The first kappa shape index (κ1) is 6.34. The van der Waals surface area contributed by atoms with Crippen LogP contribution in [0.25, 0.3) is 11.0 Å². The van der Waals surface area contributed by atoms with Crippen molar-refractivity contribution < 1.29 is 0 Å². The Kier molecular flexibility index (Phi) is 1.35. The van der Waals surface area contributed by atoms with Gasteiger partial charge in [-0.05, 0) is 19.1 Å². The average Bonchev–Trinajstić information content (AvgIpc) is 2.46. The zero-order valence-electron chi connectivity index (χ0n) is 6.36. The molecule has 0 fully saturated rings. The highest BCUT2D eigenvalue weighted by molar-refractivity contribution is 5.72. The van der Waals surface area contributed by atoms with Crippen LogP contribution in [0.1, 0.15) is 6.92 Å². The van der Waals surface area contributed by atoms with E-state index in [1.807, 2.05) is 23.0 Å². The third-order valence-corrected chi connectivity index (χ3v) is 1.65. The van der Waals surface area contributed by atoms with Crippen LogP contribution >= 0.6 is 0 Å². The maximum absolute atomic E-state index is 4.29. The number of pyridine rings is 1. The molecule has 56 valence electrons. The van der Waals surface area contributed by atoms with Crippen molar-refractivity contribution in [1.29, 1.82) is 0 Å². The van der Waals surface area contributed by atoms with Crippen LogP contribution in [0.4, 0.5) is 0 Å². The lowest BCUT2D eigenvalue weighted by atomic mass is 10.4. The minimum atomic E-state index is 0.899. The molecule has 3 nitrogen and oxygen atoms in total. The standard InChI is InChI=1S/C8H9N3/c1-2-11-6-8-7(10-11)4-3-5-9-8/h3-6H,2H2,1H3. The highest BCUT2D eigenvalue weighted by Gasteiger charge is 1.96. The van der Waals surface area contributed by atoms with Gasteiger partial charge in [-0.2, -0.15) is 5.10 Å². The molecule has 0 amide bonds. The highest BCUT2D eigenvalue weighted by atomic mass is 15.3. The molecule has 0 aliphatic carbocycles. The Morgan fingerprint density at radius 2 is 2.36 bits per heavy atom. The summed E-state index contributed by atoms with van der Waals surface area (Å²) in [6, 6.07) is 3.86. The molecule has 2 aromatic heterocycles. The van der Waals surface area contributed by atoms with Crippen molar-refractivity contribution in [3.05, 3.63) is 24.5 Å². The normalized spacial score (nSPS) is 10.6. The second-order valence-electron chi connectivity index (χ2n) is 2.39. The highest BCUT2D eigenvalue weighted by Crippen LogP contribution is 2.06. The van der Waals surface area contributed by atoms with Gasteiger partial charge < -0.3 is 0 Å². The van der Waals surface area contributed by atoms with E-state index >= 15 is 0 Å². The number of aryl methyl sites for hydroxylation is 1. The second kappa shape index (κ2) is 2.34. The van der Waals surface area contributed by atoms with Crippen LogP contribution < -0.4 is 0 Å². The van der Waals surface area contributed by atoms with Crippen LogP contribution in [0.3, 0.4) is 0 Å². The quantitative estimate of drug-likeness (QED) is 0.611. The topological polar surface area (TPSA) is 30.7 Å². The summed E-state index contributed by atoms with van der Waals surface area (Å²) < 4.78 is 1.89. The number of nitrogens with zero attached hydrogens (tertiary/aromatic N) is 3. The van der Waals surface area contributed by atoms with Crippen LogP contribution in [0.5, 0.6) is 0 Å². The number of aromatic nitrogens is 3. The molecule has 0 aliphatic rings. The molecular formula is C8H9N3. The summed E-state index contributed by atoms with van der Waals surface area (Å²) in [6.45, 7) is 2.96. The van der Waals surface area contributed by atoms with Gasteiger partial charge >= 0.3 is 0 Å². The van der Waals surface area contributed by atoms with Crippen molar-refractivity contribution in [3.63, 3.8) is 0 Å². The summed E-state index contributed by atoms with van der Waals surface area (Å²) in [5.41, 5.74) is 1.93. The first-order valence-electron chi connectivity index (χ1n) is 3.68. The Morgan fingerprint density at radius 3 is 3.09 bits per heavy atom. The summed E-state index contributed by atoms with van der Waals surface area (Å²) in [4.78, 5) is 4.17. The largest absolute Gasteiger partial charge is 0.270 e. The van der Waals surface area contributed by atoms with Crippen molar-refractivity contribution in [2.45, 2.75) is 13.5 Å². The molecule has 0 aliphatic heterocycles. The molecule has 0 unspecified atom stereocenters. The predicted molar refractivity (Wildman–Crippen MR) is 43.2 cm³/mol. The van der Waals surface area contributed by atoms with E-state index in [1.54, 1.807) is 6.20 Å². The van der Waals surface area contributed by atoms with Gasteiger partial charge in [0.2, 0.25) is 0 Å². The summed E-state index contributed by atoms with van der Waals surface area (Å²) in [5, 5.41) is 4.29. The molecule has 2 aromatic rings. The van der Waals surface area contributed by atoms with Crippen molar-refractivity contribution in [2.24, 2.45) is 0 Å². The minimum Gasteiger partial charge on any atom is -0.270 e. The Hall–Kier alpha value is -1.38. The number of fused-ring (bicyclic) bond motifs is 1. The van der Waals surface area contributed by atoms with Crippen LogP contribution in [0, 0.1) is 0 Å². The Balaban J connectivity index is 2.69. The van der Waals surface area contributed by atoms with Gasteiger partial charge in [0.25, 0.3) is 0 Å². The third-order valence-electron chi connectivity index (χ3n) is 1.65. The van der Waals surface area contributed by atoms with Gasteiger partial charge in [-0.15, -0.1) is 0 Å². The molecule has 0 saturated heterocycles. The van der Waals surface area contributed by atoms with Gasteiger partial charge in [0, 0.05) is 12.7 Å². The minimum absolute atomic E-state index is 0.899. The smallest absolute Gasteiger partial charge is 0.111 e. The molecular weight excluding hydrogens is 138 g/mol. The molecule has 2 heterocycles. The fraction of sp³-hybridized carbons (Fsp3) is 0.250. The molecule has 2 rings (SSSR count). The fourth-order valence-corrected chi connectivity index (χ4v) is 1.06. The number of hydrogen-bond donors (Lipinski definition) is 0. The Labute approximate surface area is 64.7 Å². The lowest BCUT2D eigenvalue weighted by Gasteiger charge is -1.88. The average molecular weight is 147 g/mol. The Morgan fingerprint density at radius 1 is 1.45 bits per heavy atom. The number of rotatable bonds is 1. The maximum Gasteiger partial charge on any atom is 0.111 e. The van der Waals surface area contributed by atoms with Crippen molar-refractivity contribution in [1.82, 2.24) is 14.8 Å². The van der Waals surface area contributed by atoms with E-state index in [9.17, 15) is 0 Å². The van der Waals surface area contributed by atoms with E-state index in [4.69, 9.17) is 0 Å². The fourth-order valence-electron chi connectivity index (χ4n) is 1.06. The molecule has 0 bridgehead atoms. The van der Waals surface area contributed by atoms with Gasteiger partial charge in [-0.25, -0.2) is 0 Å². The van der Waals surface area contributed by atoms with Crippen LogP contribution in [0.15, 0.2) is 24.5 Å². The lowest BCUT2D eigenvalue weighted by molar-refractivity contribution is 0.668. The predicted octanol–water partition coefficient (Wildman–Crippen LogP) is 1.45. The molecule has 0 saturated carbocycles. The first-order valence-corrected chi connectivity index (χ1v) is 3.68.